The van der Waals surface area contributed by atoms with E-state index in [1.165, 1.54) is 0 Å². The smallest absolute Gasteiger partial charge is 0.331 e. The van der Waals surface area contributed by atoms with Gasteiger partial charge in [-0.1, -0.05) is 91.5 Å². The second-order valence-electron chi connectivity index (χ2n) is 8.39. The van der Waals surface area contributed by atoms with Crippen molar-refractivity contribution in [3.63, 3.8) is 0 Å². The van der Waals surface area contributed by atoms with Gasteiger partial charge in [0, 0.05) is 6.08 Å². The van der Waals surface area contributed by atoms with Gasteiger partial charge >= 0.3 is 24.0 Å². The number of carbonyl (C=O) groups excluding carboxylic acids is 1. The van der Waals surface area contributed by atoms with E-state index >= 15 is 0 Å². The monoisotopic (exact) mass is 531 g/mol. The van der Waals surface area contributed by atoms with Gasteiger partial charge in [-0.3, -0.25) is 0 Å². The van der Waals surface area contributed by atoms with Crippen LogP contribution in [0.3, 0.4) is 0 Å². The van der Waals surface area contributed by atoms with Crippen molar-refractivity contribution in [3.8, 4) is 51.8 Å². The SMILES string of the molecule is C=CC(=O)OCCOc1nc(Oc2ccc(-c3ccccc3)cc2)nc(Oc2ccc(-c3ccccc3)cc2)n1. The summed E-state index contributed by atoms with van der Waals surface area (Å²) >= 11 is 0. The maximum atomic E-state index is 11.3. The van der Waals surface area contributed by atoms with E-state index in [0.29, 0.717) is 11.5 Å². The lowest BCUT2D eigenvalue weighted by Gasteiger charge is -2.10. The lowest BCUT2D eigenvalue weighted by Crippen LogP contribution is -2.12. The van der Waals surface area contributed by atoms with Gasteiger partial charge in [-0.05, 0) is 46.5 Å². The summed E-state index contributed by atoms with van der Waals surface area (Å²) in [5, 5.41) is 0. The van der Waals surface area contributed by atoms with Gasteiger partial charge in [0.2, 0.25) is 0 Å². The van der Waals surface area contributed by atoms with E-state index in [1.807, 2.05) is 109 Å². The summed E-state index contributed by atoms with van der Waals surface area (Å²) in [6.45, 7) is 3.37. The van der Waals surface area contributed by atoms with Crippen LogP contribution in [0.5, 0.6) is 29.5 Å². The Morgan fingerprint density at radius 2 is 1.00 bits per heavy atom. The second kappa shape index (κ2) is 12.8. The highest BCUT2D eigenvalue weighted by Gasteiger charge is 2.13. The molecule has 0 unspecified atom stereocenters. The molecule has 40 heavy (non-hydrogen) atoms. The van der Waals surface area contributed by atoms with Gasteiger partial charge in [0.05, 0.1) is 0 Å². The number of benzene rings is 4. The summed E-state index contributed by atoms with van der Waals surface area (Å²) in [6.07, 6.45) is 1.08. The van der Waals surface area contributed by atoms with Gasteiger partial charge in [0.25, 0.3) is 0 Å². The zero-order valence-corrected chi connectivity index (χ0v) is 21.5. The van der Waals surface area contributed by atoms with Crippen LogP contribution in [0.2, 0.25) is 0 Å². The van der Waals surface area contributed by atoms with Crippen molar-refractivity contribution in [2.24, 2.45) is 0 Å². The first-order valence-corrected chi connectivity index (χ1v) is 12.5. The first kappa shape index (κ1) is 26.1. The van der Waals surface area contributed by atoms with E-state index in [9.17, 15) is 4.79 Å². The van der Waals surface area contributed by atoms with Crippen LogP contribution in [0, 0.1) is 0 Å². The van der Waals surface area contributed by atoms with Crippen molar-refractivity contribution in [2.75, 3.05) is 13.2 Å². The molecule has 0 fully saturated rings. The van der Waals surface area contributed by atoms with E-state index in [2.05, 4.69) is 21.5 Å². The van der Waals surface area contributed by atoms with Crippen molar-refractivity contribution >= 4 is 5.97 Å². The molecule has 8 nitrogen and oxygen atoms in total. The molecule has 4 aromatic carbocycles. The quantitative estimate of drug-likeness (QED) is 0.103. The standard InChI is InChI=1S/C32H25N3O5/c1-2-29(36)37-21-22-38-30-33-31(39-27-17-13-25(14-18-27)23-9-5-3-6-10-23)35-32(34-30)40-28-19-15-26(16-20-28)24-11-7-4-8-12-24/h2-20H,1,21-22H2. The largest absolute Gasteiger partial charge is 0.460 e. The Hall–Kier alpha value is -5.50. The molecule has 0 bridgehead atoms. The molecule has 0 amide bonds. The van der Waals surface area contributed by atoms with Crippen LogP contribution in [0.15, 0.2) is 122 Å². The highest BCUT2D eigenvalue weighted by molar-refractivity contribution is 5.81. The van der Waals surface area contributed by atoms with Crippen LogP contribution in [0.25, 0.3) is 22.3 Å². The highest BCUT2D eigenvalue weighted by Crippen LogP contribution is 2.28. The molecule has 0 saturated carbocycles. The fraction of sp³-hybridized carbons (Fsp3) is 0.0625. The normalized spacial score (nSPS) is 10.4. The van der Waals surface area contributed by atoms with E-state index in [4.69, 9.17) is 18.9 Å². The Morgan fingerprint density at radius 3 is 1.45 bits per heavy atom. The van der Waals surface area contributed by atoms with Crippen LogP contribution >= 0.6 is 0 Å². The third-order valence-electron chi connectivity index (χ3n) is 5.64. The second-order valence-corrected chi connectivity index (χ2v) is 8.39. The van der Waals surface area contributed by atoms with Gasteiger partial charge < -0.3 is 18.9 Å². The molecular weight excluding hydrogens is 506 g/mol. The number of hydrogen-bond donors (Lipinski definition) is 0. The van der Waals surface area contributed by atoms with E-state index in [1.54, 1.807) is 0 Å². The Balaban J connectivity index is 1.33. The molecule has 8 heteroatoms. The van der Waals surface area contributed by atoms with Crippen molar-refractivity contribution < 1.29 is 23.7 Å². The lowest BCUT2D eigenvalue weighted by molar-refractivity contribution is -0.138. The fourth-order valence-corrected chi connectivity index (χ4v) is 3.71. The Morgan fingerprint density at radius 1 is 0.575 bits per heavy atom. The Kier molecular flexibility index (Phi) is 8.38. The summed E-state index contributed by atoms with van der Waals surface area (Å²) in [6, 6.07) is 35.0. The topological polar surface area (TPSA) is 92.7 Å². The number of esters is 1. The summed E-state index contributed by atoms with van der Waals surface area (Å²) in [4.78, 5) is 24.1. The molecule has 5 aromatic rings. The number of nitrogens with zero attached hydrogens (tertiary/aromatic N) is 3. The fourth-order valence-electron chi connectivity index (χ4n) is 3.71. The minimum absolute atomic E-state index is 0.00911. The molecule has 0 aliphatic carbocycles. The van der Waals surface area contributed by atoms with Gasteiger partial charge in [0.1, 0.15) is 24.7 Å². The van der Waals surface area contributed by atoms with Crippen LogP contribution in [-0.4, -0.2) is 34.1 Å². The molecule has 0 aliphatic heterocycles. The summed E-state index contributed by atoms with van der Waals surface area (Å²) in [5.41, 5.74) is 4.28. The molecule has 1 heterocycles. The van der Waals surface area contributed by atoms with Crippen molar-refractivity contribution in [1.29, 1.82) is 0 Å². The average Bonchev–Trinajstić information content (AvgIpc) is 3.01. The molecule has 5 rings (SSSR count). The maximum Gasteiger partial charge on any atom is 0.331 e. The first-order chi connectivity index (χ1) is 19.7. The zero-order valence-electron chi connectivity index (χ0n) is 21.5. The van der Waals surface area contributed by atoms with Crippen LogP contribution in [-0.2, 0) is 9.53 Å². The predicted octanol–water partition coefficient (Wildman–Crippen LogP) is 6.90. The molecule has 0 radical (unpaired) electrons. The predicted molar refractivity (Wildman–Crippen MR) is 150 cm³/mol. The molecule has 0 N–H and O–H groups in total. The number of ether oxygens (including phenoxy) is 4. The van der Waals surface area contributed by atoms with Crippen molar-refractivity contribution in [3.05, 3.63) is 122 Å². The molecular formula is C32H25N3O5. The minimum atomic E-state index is -0.551. The number of rotatable bonds is 11. The van der Waals surface area contributed by atoms with Crippen molar-refractivity contribution in [2.45, 2.75) is 0 Å². The number of carbonyl (C=O) groups is 1. The third-order valence-corrected chi connectivity index (χ3v) is 5.64. The molecule has 0 atom stereocenters. The van der Waals surface area contributed by atoms with E-state index in [-0.39, 0.29) is 31.2 Å². The molecule has 0 aliphatic rings. The molecule has 198 valence electrons. The summed E-state index contributed by atoms with van der Waals surface area (Å²) in [5.74, 6) is 0.495. The van der Waals surface area contributed by atoms with Crippen LogP contribution in [0.1, 0.15) is 0 Å². The van der Waals surface area contributed by atoms with E-state index < -0.39 is 5.97 Å². The molecule has 0 spiro atoms. The maximum absolute atomic E-state index is 11.3. The summed E-state index contributed by atoms with van der Waals surface area (Å²) < 4.78 is 22.3. The van der Waals surface area contributed by atoms with Crippen LogP contribution < -0.4 is 14.2 Å². The highest BCUT2D eigenvalue weighted by atomic mass is 16.6. The zero-order chi connectivity index (χ0) is 27.6. The van der Waals surface area contributed by atoms with E-state index in [0.717, 1.165) is 28.3 Å². The average molecular weight is 532 g/mol. The van der Waals surface area contributed by atoms with Gasteiger partial charge in [0.15, 0.2) is 0 Å². The van der Waals surface area contributed by atoms with Crippen molar-refractivity contribution in [1.82, 2.24) is 15.0 Å². The van der Waals surface area contributed by atoms with Crippen LogP contribution in [0.4, 0.5) is 0 Å². The first-order valence-electron chi connectivity index (χ1n) is 12.5. The summed E-state index contributed by atoms with van der Waals surface area (Å²) in [7, 11) is 0. The number of hydrogen-bond acceptors (Lipinski definition) is 8. The van der Waals surface area contributed by atoms with Gasteiger partial charge in [-0.25, -0.2) is 4.79 Å². The minimum Gasteiger partial charge on any atom is -0.460 e. The van der Waals surface area contributed by atoms with Gasteiger partial charge in [-0.15, -0.1) is 15.0 Å². The third kappa shape index (κ3) is 7.08. The number of aromatic nitrogens is 3. The Labute approximate surface area is 231 Å². The lowest BCUT2D eigenvalue weighted by atomic mass is 10.1. The van der Waals surface area contributed by atoms with Gasteiger partial charge in [-0.2, -0.15) is 0 Å². The molecule has 0 saturated heterocycles. The Bertz CT molecular complexity index is 1460. The molecule has 1 aromatic heterocycles.